The molecule has 2 aliphatic heterocycles. The van der Waals surface area contributed by atoms with Crippen molar-refractivity contribution in [3.63, 3.8) is 0 Å². The summed E-state index contributed by atoms with van der Waals surface area (Å²) in [6.45, 7) is 4.70. The molecule has 0 amide bonds. The van der Waals surface area contributed by atoms with E-state index in [4.69, 9.17) is 4.74 Å². The van der Waals surface area contributed by atoms with E-state index in [0.717, 1.165) is 45.4 Å². The van der Waals surface area contributed by atoms with E-state index in [1.54, 1.807) is 0 Å². The molecule has 0 aliphatic carbocycles. The van der Waals surface area contributed by atoms with E-state index in [1.807, 2.05) is 0 Å². The number of hydrogen-bond donors (Lipinski definition) is 0. The SMILES string of the molecule is O=CC1(CN2CCCCCCC2)CCCOC1. The Balaban J connectivity index is 1.89. The van der Waals surface area contributed by atoms with Crippen molar-refractivity contribution in [2.24, 2.45) is 5.41 Å². The van der Waals surface area contributed by atoms with Crippen molar-refractivity contribution >= 4 is 6.29 Å². The molecule has 1 unspecified atom stereocenters. The molecule has 0 bridgehead atoms. The minimum absolute atomic E-state index is 0.211. The number of nitrogens with zero attached hydrogens (tertiary/aromatic N) is 1. The van der Waals surface area contributed by atoms with E-state index in [0.29, 0.717) is 6.61 Å². The molecule has 98 valence electrons. The van der Waals surface area contributed by atoms with Crippen LogP contribution in [0.5, 0.6) is 0 Å². The van der Waals surface area contributed by atoms with Crippen LogP contribution in [0.15, 0.2) is 0 Å². The molecule has 1 atom stereocenters. The maximum atomic E-state index is 11.4. The van der Waals surface area contributed by atoms with Crippen LogP contribution >= 0.6 is 0 Å². The summed E-state index contributed by atoms with van der Waals surface area (Å²) in [6, 6.07) is 0. The van der Waals surface area contributed by atoms with Gasteiger partial charge in [0.1, 0.15) is 6.29 Å². The molecule has 0 aromatic carbocycles. The number of ether oxygens (including phenoxy) is 1. The molecule has 2 aliphatic rings. The molecule has 0 spiro atoms. The van der Waals surface area contributed by atoms with Gasteiger partial charge in [-0.3, -0.25) is 0 Å². The fourth-order valence-corrected chi connectivity index (χ4v) is 3.05. The van der Waals surface area contributed by atoms with Crippen LogP contribution in [0.1, 0.15) is 44.9 Å². The molecular formula is C14H25NO2. The molecule has 0 aromatic rings. The van der Waals surface area contributed by atoms with Gasteiger partial charge in [0.15, 0.2) is 0 Å². The quantitative estimate of drug-likeness (QED) is 0.707. The van der Waals surface area contributed by atoms with Gasteiger partial charge >= 0.3 is 0 Å². The highest BCUT2D eigenvalue weighted by Gasteiger charge is 2.34. The first kappa shape index (κ1) is 13.0. The molecule has 0 radical (unpaired) electrons. The second kappa shape index (κ2) is 6.50. The Morgan fingerprint density at radius 2 is 1.76 bits per heavy atom. The van der Waals surface area contributed by atoms with Crippen molar-refractivity contribution in [3.8, 4) is 0 Å². The highest BCUT2D eigenvalue weighted by atomic mass is 16.5. The molecule has 3 heteroatoms. The summed E-state index contributed by atoms with van der Waals surface area (Å²) in [5.41, 5.74) is -0.211. The van der Waals surface area contributed by atoms with E-state index in [-0.39, 0.29) is 5.41 Å². The van der Waals surface area contributed by atoms with Gasteiger partial charge in [-0.25, -0.2) is 0 Å². The van der Waals surface area contributed by atoms with Crippen molar-refractivity contribution in [2.45, 2.75) is 44.9 Å². The number of carbonyl (C=O) groups is 1. The topological polar surface area (TPSA) is 29.5 Å². The number of rotatable bonds is 3. The van der Waals surface area contributed by atoms with Crippen LogP contribution in [-0.4, -0.2) is 44.0 Å². The molecule has 2 saturated heterocycles. The van der Waals surface area contributed by atoms with Gasteiger partial charge in [-0.2, -0.15) is 0 Å². The van der Waals surface area contributed by atoms with Crippen molar-refractivity contribution in [1.82, 2.24) is 4.90 Å². The van der Waals surface area contributed by atoms with Gasteiger partial charge in [0.25, 0.3) is 0 Å². The smallest absolute Gasteiger partial charge is 0.129 e. The minimum Gasteiger partial charge on any atom is -0.380 e. The van der Waals surface area contributed by atoms with Crippen LogP contribution in [0.25, 0.3) is 0 Å². The second-order valence-corrected chi connectivity index (χ2v) is 5.68. The third kappa shape index (κ3) is 3.78. The summed E-state index contributed by atoms with van der Waals surface area (Å²) in [4.78, 5) is 13.9. The Bertz CT molecular complexity index is 228. The summed E-state index contributed by atoms with van der Waals surface area (Å²) >= 11 is 0. The van der Waals surface area contributed by atoms with Crippen LogP contribution in [0.3, 0.4) is 0 Å². The van der Waals surface area contributed by atoms with Gasteiger partial charge in [-0.1, -0.05) is 19.3 Å². The summed E-state index contributed by atoms with van der Waals surface area (Å²) in [6.07, 6.45) is 9.86. The maximum Gasteiger partial charge on any atom is 0.129 e. The van der Waals surface area contributed by atoms with Gasteiger partial charge in [-0.15, -0.1) is 0 Å². The summed E-state index contributed by atoms with van der Waals surface area (Å²) < 4.78 is 5.52. The van der Waals surface area contributed by atoms with Crippen LogP contribution < -0.4 is 0 Å². The van der Waals surface area contributed by atoms with E-state index < -0.39 is 0 Å². The molecule has 3 nitrogen and oxygen atoms in total. The van der Waals surface area contributed by atoms with E-state index in [9.17, 15) is 4.79 Å². The number of aldehydes is 1. The zero-order chi connectivity index (χ0) is 12.0. The van der Waals surface area contributed by atoms with Gasteiger partial charge in [0.05, 0.1) is 12.0 Å². The first-order chi connectivity index (χ1) is 8.35. The first-order valence-corrected chi connectivity index (χ1v) is 7.11. The Morgan fingerprint density at radius 3 is 2.35 bits per heavy atom. The maximum absolute atomic E-state index is 11.4. The Hall–Kier alpha value is -0.410. The number of carbonyl (C=O) groups excluding carboxylic acids is 1. The zero-order valence-corrected chi connectivity index (χ0v) is 10.8. The largest absolute Gasteiger partial charge is 0.380 e. The third-order valence-corrected chi connectivity index (χ3v) is 4.09. The van der Waals surface area contributed by atoms with Crippen LogP contribution in [-0.2, 0) is 9.53 Å². The fourth-order valence-electron chi connectivity index (χ4n) is 3.05. The highest BCUT2D eigenvalue weighted by molar-refractivity contribution is 5.60. The van der Waals surface area contributed by atoms with Gasteiger partial charge in [0, 0.05) is 13.2 Å². The monoisotopic (exact) mass is 239 g/mol. The van der Waals surface area contributed by atoms with E-state index >= 15 is 0 Å². The molecule has 0 aromatic heterocycles. The number of hydrogen-bond acceptors (Lipinski definition) is 3. The van der Waals surface area contributed by atoms with Crippen molar-refractivity contribution in [3.05, 3.63) is 0 Å². The van der Waals surface area contributed by atoms with E-state index in [1.165, 1.54) is 32.1 Å². The zero-order valence-electron chi connectivity index (χ0n) is 10.8. The van der Waals surface area contributed by atoms with Gasteiger partial charge in [-0.05, 0) is 38.8 Å². The molecule has 0 N–H and O–H groups in total. The molecule has 0 saturated carbocycles. The fraction of sp³-hybridized carbons (Fsp3) is 0.929. The summed E-state index contributed by atoms with van der Waals surface area (Å²) in [5, 5.41) is 0. The average molecular weight is 239 g/mol. The molecule has 2 rings (SSSR count). The normalized spacial score (nSPS) is 32.7. The highest BCUT2D eigenvalue weighted by Crippen LogP contribution is 2.28. The van der Waals surface area contributed by atoms with E-state index in [2.05, 4.69) is 4.90 Å². The Morgan fingerprint density at radius 1 is 1.06 bits per heavy atom. The van der Waals surface area contributed by atoms with Crippen LogP contribution in [0, 0.1) is 5.41 Å². The number of likely N-dealkylation sites (tertiary alicyclic amines) is 1. The molecule has 2 fully saturated rings. The average Bonchev–Trinajstić information content (AvgIpc) is 2.34. The first-order valence-electron chi connectivity index (χ1n) is 7.11. The van der Waals surface area contributed by atoms with Crippen molar-refractivity contribution in [1.29, 1.82) is 0 Å². The van der Waals surface area contributed by atoms with Crippen LogP contribution in [0.2, 0.25) is 0 Å². The second-order valence-electron chi connectivity index (χ2n) is 5.68. The molecule has 2 heterocycles. The van der Waals surface area contributed by atoms with Crippen LogP contribution in [0.4, 0.5) is 0 Å². The third-order valence-electron chi connectivity index (χ3n) is 4.09. The lowest BCUT2D eigenvalue weighted by Crippen LogP contribution is -2.45. The minimum atomic E-state index is -0.211. The predicted molar refractivity (Wildman–Crippen MR) is 68.1 cm³/mol. The lowest BCUT2D eigenvalue weighted by Gasteiger charge is -2.37. The lowest BCUT2D eigenvalue weighted by molar-refractivity contribution is -0.125. The molecular weight excluding hydrogens is 214 g/mol. The van der Waals surface area contributed by atoms with Crippen molar-refractivity contribution in [2.75, 3.05) is 32.8 Å². The predicted octanol–water partition coefficient (Wildman–Crippen LogP) is 2.25. The standard InChI is InChI=1S/C14H25NO2/c16-12-14(7-6-10-17-13-14)11-15-8-4-2-1-3-5-9-15/h12H,1-11,13H2. The summed E-state index contributed by atoms with van der Waals surface area (Å²) in [5.74, 6) is 0. The Labute approximate surface area is 105 Å². The van der Waals surface area contributed by atoms with Gasteiger partial charge < -0.3 is 14.4 Å². The van der Waals surface area contributed by atoms with Crippen molar-refractivity contribution < 1.29 is 9.53 Å². The summed E-state index contributed by atoms with van der Waals surface area (Å²) in [7, 11) is 0. The molecule has 17 heavy (non-hydrogen) atoms. The van der Waals surface area contributed by atoms with Gasteiger partial charge in [0.2, 0.25) is 0 Å². The lowest BCUT2D eigenvalue weighted by atomic mass is 9.83. The Kier molecular flexibility index (Phi) is 4.99.